The normalized spacial score (nSPS) is 10.7. The molecule has 5 nitrogen and oxygen atoms in total. The Balaban J connectivity index is 1.54. The van der Waals surface area contributed by atoms with E-state index in [9.17, 15) is 4.79 Å². The molecule has 0 fully saturated rings. The summed E-state index contributed by atoms with van der Waals surface area (Å²) < 4.78 is 12.4. The van der Waals surface area contributed by atoms with Crippen molar-refractivity contribution >= 4 is 23.2 Å². The molecule has 0 spiro atoms. The molecule has 1 aromatic carbocycles. The minimum Gasteiger partial charge on any atom is -0.480 e. The van der Waals surface area contributed by atoms with Crippen molar-refractivity contribution in [3.63, 3.8) is 0 Å². The van der Waals surface area contributed by atoms with E-state index in [1.165, 1.54) is 0 Å². The van der Waals surface area contributed by atoms with Gasteiger partial charge in [0.1, 0.15) is 18.0 Å². The topological polar surface area (TPSA) is 52.8 Å². The SMILES string of the molecule is Cc1ccc(Cl)c(OCC(=O)OCc2cn3ccccc3n2)c1. The third-order valence-electron chi connectivity index (χ3n) is 3.23. The molecule has 2 aromatic heterocycles. The Morgan fingerprint density at radius 2 is 2.17 bits per heavy atom. The molecule has 3 aromatic rings. The van der Waals surface area contributed by atoms with E-state index in [2.05, 4.69) is 4.98 Å². The highest BCUT2D eigenvalue weighted by Crippen LogP contribution is 2.25. The fourth-order valence-electron chi connectivity index (χ4n) is 2.11. The van der Waals surface area contributed by atoms with Gasteiger partial charge in [0.25, 0.3) is 0 Å². The molecule has 0 saturated heterocycles. The van der Waals surface area contributed by atoms with E-state index < -0.39 is 5.97 Å². The second kappa shape index (κ2) is 6.71. The largest absolute Gasteiger partial charge is 0.480 e. The predicted octanol–water partition coefficient (Wildman–Crippen LogP) is 3.42. The summed E-state index contributed by atoms with van der Waals surface area (Å²) in [5.41, 5.74) is 2.49. The van der Waals surface area contributed by atoms with Gasteiger partial charge in [-0.25, -0.2) is 9.78 Å². The van der Waals surface area contributed by atoms with E-state index >= 15 is 0 Å². The number of esters is 1. The van der Waals surface area contributed by atoms with Crippen molar-refractivity contribution in [2.45, 2.75) is 13.5 Å². The first-order valence-electron chi connectivity index (χ1n) is 7.09. The van der Waals surface area contributed by atoms with Crippen LogP contribution in [0.2, 0.25) is 5.02 Å². The summed E-state index contributed by atoms with van der Waals surface area (Å²) >= 11 is 6.01. The van der Waals surface area contributed by atoms with Crippen LogP contribution in [0.15, 0.2) is 48.8 Å². The van der Waals surface area contributed by atoms with Crippen LogP contribution in [0.1, 0.15) is 11.3 Å². The van der Waals surface area contributed by atoms with Crippen molar-refractivity contribution in [1.82, 2.24) is 9.38 Å². The molecule has 0 aliphatic carbocycles. The maximum absolute atomic E-state index is 11.8. The number of ether oxygens (including phenoxy) is 2. The predicted molar refractivity (Wildman–Crippen MR) is 86.7 cm³/mol. The number of rotatable bonds is 5. The van der Waals surface area contributed by atoms with Crippen LogP contribution in [-0.2, 0) is 16.1 Å². The molecule has 0 saturated carbocycles. The van der Waals surface area contributed by atoms with E-state index in [0.29, 0.717) is 16.5 Å². The van der Waals surface area contributed by atoms with Crippen molar-refractivity contribution < 1.29 is 14.3 Å². The number of benzene rings is 1. The molecular weight excluding hydrogens is 316 g/mol. The Labute approximate surface area is 138 Å². The molecule has 0 unspecified atom stereocenters. The van der Waals surface area contributed by atoms with Crippen molar-refractivity contribution in [3.8, 4) is 5.75 Å². The maximum Gasteiger partial charge on any atom is 0.344 e. The summed E-state index contributed by atoms with van der Waals surface area (Å²) in [6, 6.07) is 11.1. The number of pyridine rings is 1. The highest BCUT2D eigenvalue weighted by molar-refractivity contribution is 6.32. The van der Waals surface area contributed by atoms with Crippen LogP contribution in [0, 0.1) is 6.92 Å². The van der Waals surface area contributed by atoms with Crippen LogP contribution in [0.4, 0.5) is 0 Å². The summed E-state index contributed by atoms with van der Waals surface area (Å²) in [5.74, 6) is -0.00373. The highest BCUT2D eigenvalue weighted by atomic mass is 35.5. The van der Waals surface area contributed by atoms with Gasteiger partial charge < -0.3 is 13.9 Å². The first-order chi connectivity index (χ1) is 11.1. The van der Waals surface area contributed by atoms with Crippen LogP contribution in [0.3, 0.4) is 0 Å². The standard InChI is InChI=1S/C17H15ClN2O3/c1-12-5-6-14(18)15(8-12)22-11-17(21)23-10-13-9-20-7-3-2-4-16(20)19-13/h2-9H,10-11H2,1H3. The Morgan fingerprint density at radius 1 is 1.30 bits per heavy atom. The van der Waals surface area contributed by atoms with Crippen molar-refractivity contribution in [2.24, 2.45) is 0 Å². The van der Waals surface area contributed by atoms with Gasteiger partial charge in [-0.3, -0.25) is 0 Å². The average Bonchev–Trinajstić information content (AvgIpc) is 2.96. The lowest BCUT2D eigenvalue weighted by atomic mass is 10.2. The molecule has 6 heteroatoms. The van der Waals surface area contributed by atoms with E-state index in [1.54, 1.807) is 12.1 Å². The zero-order chi connectivity index (χ0) is 16.2. The molecule has 0 amide bonds. The number of imidazole rings is 1. The lowest BCUT2D eigenvalue weighted by Gasteiger charge is -2.08. The highest BCUT2D eigenvalue weighted by Gasteiger charge is 2.09. The number of aryl methyl sites for hydroxylation is 1. The minimum absolute atomic E-state index is 0.103. The first kappa shape index (κ1) is 15.4. The van der Waals surface area contributed by atoms with Crippen LogP contribution in [0.25, 0.3) is 5.65 Å². The van der Waals surface area contributed by atoms with Gasteiger partial charge in [-0.15, -0.1) is 0 Å². The summed E-state index contributed by atoms with van der Waals surface area (Å²) in [4.78, 5) is 16.1. The molecule has 3 rings (SSSR count). The van der Waals surface area contributed by atoms with Gasteiger partial charge in [-0.1, -0.05) is 23.7 Å². The third kappa shape index (κ3) is 3.81. The molecule has 0 aliphatic heterocycles. The number of halogens is 1. The summed E-state index contributed by atoms with van der Waals surface area (Å²) in [6.45, 7) is 1.83. The van der Waals surface area contributed by atoms with E-state index in [1.807, 2.05) is 48.0 Å². The minimum atomic E-state index is -0.473. The number of carbonyl (C=O) groups excluding carboxylic acids is 1. The van der Waals surface area contributed by atoms with Crippen LogP contribution in [0.5, 0.6) is 5.75 Å². The smallest absolute Gasteiger partial charge is 0.344 e. The molecule has 0 N–H and O–H groups in total. The molecule has 23 heavy (non-hydrogen) atoms. The zero-order valence-corrected chi connectivity index (χ0v) is 13.3. The quantitative estimate of drug-likeness (QED) is 0.673. The molecule has 118 valence electrons. The van der Waals surface area contributed by atoms with Crippen molar-refractivity contribution in [3.05, 3.63) is 65.1 Å². The monoisotopic (exact) mass is 330 g/mol. The van der Waals surface area contributed by atoms with Crippen LogP contribution >= 0.6 is 11.6 Å². The fraction of sp³-hybridized carbons (Fsp3) is 0.176. The number of fused-ring (bicyclic) bond motifs is 1. The van der Waals surface area contributed by atoms with Gasteiger partial charge in [0, 0.05) is 12.4 Å². The summed E-state index contributed by atoms with van der Waals surface area (Å²) in [5, 5.41) is 0.462. The maximum atomic E-state index is 11.8. The summed E-state index contributed by atoms with van der Waals surface area (Å²) in [7, 11) is 0. The molecule has 0 radical (unpaired) electrons. The van der Waals surface area contributed by atoms with Crippen molar-refractivity contribution in [1.29, 1.82) is 0 Å². The van der Waals surface area contributed by atoms with Gasteiger partial charge >= 0.3 is 5.97 Å². The number of hydrogen-bond acceptors (Lipinski definition) is 4. The lowest BCUT2D eigenvalue weighted by Crippen LogP contribution is -2.15. The fourth-order valence-corrected chi connectivity index (χ4v) is 2.28. The van der Waals surface area contributed by atoms with Gasteiger partial charge in [-0.2, -0.15) is 0 Å². The lowest BCUT2D eigenvalue weighted by molar-refractivity contribution is -0.147. The Morgan fingerprint density at radius 3 is 3.00 bits per heavy atom. The van der Waals surface area contributed by atoms with Crippen LogP contribution in [-0.4, -0.2) is 22.0 Å². The Hall–Kier alpha value is -2.53. The first-order valence-corrected chi connectivity index (χ1v) is 7.47. The number of carbonyl (C=O) groups is 1. The van der Waals surface area contributed by atoms with E-state index in [4.69, 9.17) is 21.1 Å². The Bertz CT molecular complexity index is 812. The molecule has 0 atom stereocenters. The molecule has 0 aliphatic rings. The second-order valence-electron chi connectivity index (χ2n) is 5.08. The molecule has 0 bridgehead atoms. The average molecular weight is 331 g/mol. The summed E-state index contributed by atoms with van der Waals surface area (Å²) in [6.07, 6.45) is 3.71. The van der Waals surface area contributed by atoms with Gasteiger partial charge in [-0.05, 0) is 36.8 Å². The van der Waals surface area contributed by atoms with E-state index in [0.717, 1.165) is 11.2 Å². The van der Waals surface area contributed by atoms with Crippen molar-refractivity contribution in [2.75, 3.05) is 6.61 Å². The number of hydrogen-bond donors (Lipinski definition) is 0. The second-order valence-corrected chi connectivity index (χ2v) is 5.49. The Kier molecular flexibility index (Phi) is 4.48. The number of nitrogens with zero attached hydrogens (tertiary/aromatic N) is 2. The van der Waals surface area contributed by atoms with Gasteiger partial charge in [0.05, 0.1) is 10.7 Å². The van der Waals surface area contributed by atoms with Gasteiger partial charge in [0.2, 0.25) is 0 Å². The zero-order valence-electron chi connectivity index (χ0n) is 12.5. The van der Waals surface area contributed by atoms with Gasteiger partial charge in [0.15, 0.2) is 6.61 Å². The third-order valence-corrected chi connectivity index (χ3v) is 3.54. The molecule has 2 heterocycles. The van der Waals surface area contributed by atoms with E-state index in [-0.39, 0.29) is 13.2 Å². The molecular formula is C17H15ClN2O3. The number of aromatic nitrogens is 2. The van der Waals surface area contributed by atoms with Crippen LogP contribution < -0.4 is 4.74 Å².